The van der Waals surface area contributed by atoms with Crippen LogP contribution in [0.1, 0.15) is 52.7 Å². The molecule has 2 heterocycles. The Labute approximate surface area is 108 Å². The zero-order valence-corrected chi connectivity index (χ0v) is 11.9. The van der Waals surface area contributed by atoms with Gasteiger partial charge in [-0.3, -0.25) is 0 Å². The molecule has 0 fully saturated rings. The van der Waals surface area contributed by atoms with E-state index in [2.05, 4.69) is 56.1 Å². The molecule has 2 aromatic heterocycles. The summed E-state index contributed by atoms with van der Waals surface area (Å²) in [5.41, 5.74) is 2.18. The summed E-state index contributed by atoms with van der Waals surface area (Å²) in [5.74, 6) is 1.33. The van der Waals surface area contributed by atoms with Crippen molar-refractivity contribution in [2.24, 2.45) is 0 Å². The number of nitrogens with zero attached hydrogens (tertiary/aromatic N) is 3. The Balaban J connectivity index is 2.45. The molecule has 0 bridgehead atoms. The third-order valence-corrected chi connectivity index (χ3v) is 3.34. The first-order valence-electron chi connectivity index (χ1n) is 6.55. The maximum Gasteiger partial charge on any atom is 0.152 e. The summed E-state index contributed by atoms with van der Waals surface area (Å²) < 4.78 is 1.90. The molecule has 0 aliphatic heterocycles. The van der Waals surface area contributed by atoms with Crippen LogP contribution in [-0.2, 0) is 0 Å². The molecule has 0 unspecified atom stereocenters. The van der Waals surface area contributed by atoms with E-state index in [1.165, 1.54) is 0 Å². The third kappa shape index (κ3) is 2.47. The standard InChI is InChI=1S/C14H22N4/c1-6-14(4,5)16-13-12-9-11(10(2)3)17-18(12)8-7-15-13/h7-10H,6H2,1-5H3,(H,15,16). The molecule has 0 atom stereocenters. The molecule has 2 rings (SSSR count). The Hall–Kier alpha value is -1.58. The van der Waals surface area contributed by atoms with Gasteiger partial charge in [-0.2, -0.15) is 5.10 Å². The average molecular weight is 246 g/mol. The maximum absolute atomic E-state index is 4.57. The molecule has 4 nitrogen and oxygen atoms in total. The fourth-order valence-electron chi connectivity index (χ4n) is 1.73. The SMILES string of the molecule is CCC(C)(C)Nc1nccn2nc(C(C)C)cc12. The lowest BCUT2D eigenvalue weighted by Crippen LogP contribution is -2.30. The molecule has 18 heavy (non-hydrogen) atoms. The van der Waals surface area contributed by atoms with E-state index in [1.54, 1.807) is 6.20 Å². The van der Waals surface area contributed by atoms with Crippen molar-refractivity contribution in [2.75, 3.05) is 5.32 Å². The van der Waals surface area contributed by atoms with Crippen LogP contribution in [0.5, 0.6) is 0 Å². The number of hydrogen-bond donors (Lipinski definition) is 1. The van der Waals surface area contributed by atoms with Gasteiger partial charge in [0.2, 0.25) is 0 Å². The van der Waals surface area contributed by atoms with Gasteiger partial charge in [0.05, 0.1) is 5.69 Å². The molecule has 0 aliphatic carbocycles. The number of rotatable bonds is 4. The van der Waals surface area contributed by atoms with Crippen LogP contribution < -0.4 is 5.32 Å². The van der Waals surface area contributed by atoms with Crippen LogP contribution in [0.3, 0.4) is 0 Å². The van der Waals surface area contributed by atoms with Gasteiger partial charge in [-0.25, -0.2) is 9.50 Å². The molecule has 0 aliphatic rings. The number of hydrogen-bond acceptors (Lipinski definition) is 3. The van der Waals surface area contributed by atoms with Crippen molar-refractivity contribution in [3.8, 4) is 0 Å². The topological polar surface area (TPSA) is 42.2 Å². The third-order valence-electron chi connectivity index (χ3n) is 3.34. The van der Waals surface area contributed by atoms with Gasteiger partial charge in [0, 0.05) is 17.9 Å². The molecule has 2 aromatic rings. The number of nitrogens with one attached hydrogen (secondary N) is 1. The van der Waals surface area contributed by atoms with Crippen molar-refractivity contribution in [1.82, 2.24) is 14.6 Å². The Morgan fingerprint density at radius 2 is 2.11 bits per heavy atom. The highest BCUT2D eigenvalue weighted by Crippen LogP contribution is 2.23. The summed E-state index contributed by atoms with van der Waals surface area (Å²) in [7, 11) is 0. The van der Waals surface area contributed by atoms with Crippen molar-refractivity contribution < 1.29 is 0 Å². The Morgan fingerprint density at radius 1 is 1.39 bits per heavy atom. The first kappa shape index (κ1) is 12.9. The van der Waals surface area contributed by atoms with Crippen molar-refractivity contribution in [3.05, 3.63) is 24.2 Å². The summed E-state index contributed by atoms with van der Waals surface area (Å²) in [6.45, 7) is 10.8. The van der Waals surface area contributed by atoms with E-state index in [-0.39, 0.29) is 5.54 Å². The van der Waals surface area contributed by atoms with Crippen molar-refractivity contribution in [2.45, 2.75) is 52.5 Å². The van der Waals surface area contributed by atoms with Gasteiger partial charge in [-0.1, -0.05) is 20.8 Å². The second kappa shape index (κ2) is 4.59. The van der Waals surface area contributed by atoms with Gasteiger partial charge in [0.15, 0.2) is 5.82 Å². The average Bonchev–Trinajstić information content (AvgIpc) is 2.74. The molecule has 0 saturated heterocycles. The molecule has 0 radical (unpaired) electrons. The summed E-state index contributed by atoms with van der Waals surface area (Å²) in [4.78, 5) is 4.44. The molecule has 0 saturated carbocycles. The van der Waals surface area contributed by atoms with Crippen LogP contribution in [0.2, 0.25) is 0 Å². The van der Waals surface area contributed by atoms with Crippen LogP contribution in [0.25, 0.3) is 5.52 Å². The van der Waals surface area contributed by atoms with Gasteiger partial charge in [-0.15, -0.1) is 0 Å². The van der Waals surface area contributed by atoms with E-state index in [0.29, 0.717) is 5.92 Å². The molecular formula is C14H22N4. The lowest BCUT2D eigenvalue weighted by molar-refractivity contribution is 0.545. The molecule has 0 spiro atoms. The molecule has 1 N–H and O–H groups in total. The van der Waals surface area contributed by atoms with E-state index in [9.17, 15) is 0 Å². The van der Waals surface area contributed by atoms with Crippen LogP contribution in [-0.4, -0.2) is 20.1 Å². The van der Waals surface area contributed by atoms with E-state index < -0.39 is 0 Å². The zero-order chi connectivity index (χ0) is 13.3. The largest absolute Gasteiger partial charge is 0.363 e. The maximum atomic E-state index is 4.57. The summed E-state index contributed by atoms with van der Waals surface area (Å²) >= 11 is 0. The Morgan fingerprint density at radius 3 is 2.72 bits per heavy atom. The first-order valence-corrected chi connectivity index (χ1v) is 6.55. The second-order valence-electron chi connectivity index (χ2n) is 5.69. The van der Waals surface area contributed by atoms with E-state index >= 15 is 0 Å². The van der Waals surface area contributed by atoms with Gasteiger partial charge >= 0.3 is 0 Å². The lowest BCUT2D eigenvalue weighted by atomic mass is 10.0. The van der Waals surface area contributed by atoms with Gasteiger partial charge < -0.3 is 5.32 Å². The first-order chi connectivity index (χ1) is 8.43. The van der Waals surface area contributed by atoms with Crippen molar-refractivity contribution in [3.63, 3.8) is 0 Å². The molecule has 0 aromatic carbocycles. The van der Waals surface area contributed by atoms with Gasteiger partial charge in [0.1, 0.15) is 5.52 Å². The molecule has 0 amide bonds. The second-order valence-corrected chi connectivity index (χ2v) is 5.69. The number of aromatic nitrogens is 3. The van der Waals surface area contributed by atoms with Crippen LogP contribution >= 0.6 is 0 Å². The fourth-order valence-corrected chi connectivity index (χ4v) is 1.73. The van der Waals surface area contributed by atoms with E-state index in [4.69, 9.17) is 0 Å². The number of fused-ring (bicyclic) bond motifs is 1. The molecule has 98 valence electrons. The predicted octanol–water partition coefficient (Wildman–Crippen LogP) is 3.45. The predicted molar refractivity (Wildman–Crippen MR) is 75.1 cm³/mol. The molecule has 4 heteroatoms. The quantitative estimate of drug-likeness (QED) is 0.898. The fraction of sp³-hybridized carbons (Fsp3) is 0.571. The normalized spacial score (nSPS) is 12.3. The van der Waals surface area contributed by atoms with Gasteiger partial charge in [0.25, 0.3) is 0 Å². The minimum atomic E-state index is 0.0388. The highest BCUT2D eigenvalue weighted by molar-refractivity contribution is 5.68. The van der Waals surface area contributed by atoms with Gasteiger partial charge in [-0.05, 0) is 32.3 Å². The summed E-state index contributed by atoms with van der Waals surface area (Å²) in [5, 5.41) is 8.06. The number of anilines is 1. The lowest BCUT2D eigenvalue weighted by Gasteiger charge is -2.25. The van der Waals surface area contributed by atoms with E-state index in [1.807, 2.05) is 10.7 Å². The van der Waals surface area contributed by atoms with Crippen molar-refractivity contribution in [1.29, 1.82) is 0 Å². The Kier molecular flexibility index (Phi) is 3.28. The van der Waals surface area contributed by atoms with Crippen LogP contribution in [0, 0.1) is 0 Å². The minimum absolute atomic E-state index is 0.0388. The monoisotopic (exact) mass is 246 g/mol. The zero-order valence-electron chi connectivity index (χ0n) is 11.9. The highest BCUT2D eigenvalue weighted by atomic mass is 15.2. The molecular weight excluding hydrogens is 224 g/mol. The van der Waals surface area contributed by atoms with Crippen molar-refractivity contribution >= 4 is 11.3 Å². The van der Waals surface area contributed by atoms with E-state index in [0.717, 1.165) is 23.4 Å². The Bertz CT molecular complexity index is 540. The minimum Gasteiger partial charge on any atom is -0.363 e. The summed E-state index contributed by atoms with van der Waals surface area (Å²) in [6, 6.07) is 2.12. The summed E-state index contributed by atoms with van der Waals surface area (Å²) in [6.07, 6.45) is 4.73. The smallest absolute Gasteiger partial charge is 0.152 e. The van der Waals surface area contributed by atoms with Crippen LogP contribution in [0.4, 0.5) is 5.82 Å². The highest BCUT2D eigenvalue weighted by Gasteiger charge is 2.17. The van der Waals surface area contributed by atoms with Crippen LogP contribution in [0.15, 0.2) is 18.5 Å².